The number of amides is 2. The van der Waals surface area contributed by atoms with E-state index in [1.807, 2.05) is 73.7 Å². The summed E-state index contributed by atoms with van der Waals surface area (Å²) in [6.07, 6.45) is 6.45. The molecule has 0 saturated heterocycles. The molecule has 35 heavy (non-hydrogen) atoms. The van der Waals surface area contributed by atoms with Crippen LogP contribution in [0.3, 0.4) is 0 Å². The number of rotatable bonds is 11. The molecule has 0 unspecified atom stereocenters. The molecule has 0 radical (unpaired) electrons. The maximum atomic E-state index is 13.1. The van der Waals surface area contributed by atoms with Crippen LogP contribution < -0.4 is 10.6 Å². The highest BCUT2D eigenvalue weighted by molar-refractivity contribution is 7.80. The van der Waals surface area contributed by atoms with Gasteiger partial charge in [0.05, 0.1) is 12.9 Å². The van der Waals surface area contributed by atoms with Crippen LogP contribution in [0.25, 0.3) is 17.3 Å². The van der Waals surface area contributed by atoms with Gasteiger partial charge in [-0.2, -0.15) is 12.6 Å². The third-order valence-electron chi connectivity index (χ3n) is 5.40. The number of nitrogens with one attached hydrogen (secondary N) is 3. The first kappa shape index (κ1) is 25.9. The van der Waals surface area contributed by atoms with Gasteiger partial charge in [-0.1, -0.05) is 61.5 Å². The van der Waals surface area contributed by atoms with Crippen molar-refractivity contribution in [3.63, 3.8) is 0 Å². The maximum absolute atomic E-state index is 13.1. The Kier molecular flexibility index (Phi) is 9.80. The van der Waals surface area contributed by atoms with Crippen LogP contribution in [0, 0.1) is 0 Å². The van der Waals surface area contributed by atoms with Crippen LogP contribution in [0.15, 0.2) is 78.6 Å². The number of aromatic nitrogens is 1. The Hall–Kier alpha value is -3.71. The van der Waals surface area contributed by atoms with Crippen molar-refractivity contribution in [1.29, 1.82) is 0 Å². The number of benzene rings is 2. The van der Waals surface area contributed by atoms with Gasteiger partial charge in [0.15, 0.2) is 0 Å². The molecule has 182 valence electrons. The number of methoxy groups -OCH3 is 1. The number of allylic oxidation sites excluding steroid dienone is 3. The van der Waals surface area contributed by atoms with Crippen molar-refractivity contribution in [3.8, 4) is 11.3 Å². The number of H-pyrrole nitrogens is 1. The Morgan fingerprint density at radius 2 is 1.77 bits per heavy atom. The highest BCUT2D eigenvalue weighted by Crippen LogP contribution is 2.23. The molecular weight excluding hydrogens is 458 g/mol. The quantitative estimate of drug-likeness (QED) is 0.169. The fourth-order valence-corrected chi connectivity index (χ4v) is 3.58. The molecule has 6 nitrogen and oxygen atoms in total. The predicted molar refractivity (Wildman–Crippen MR) is 144 cm³/mol. The Morgan fingerprint density at radius 1 is 1.03 bits per heavy atom. The van der Waals surface area contributed by atoms with Crippen LogP contribution in [0.2, 0.25) is 0 Å². The lowest BCUT2D eigenvalue weighted by atomic mass is 10.1. The minimum atomic E-state index is -0.214. The van der Waals surface area contributed by atoms with Gasteiger partial charge in [0.2, 0.25) is 0 Å². The molecule has 0 aliphatic rings. The van der Waals surface area contributed by atoms with Crippen LogP contribution in [0.5, 0.6) is 0 Å². The zero-order chi connectivity index (χ0) is 25.0. The third-order valence-corrected chi connectivity index (χ3v) is 5.62. The first-order chi connectivity index (χ1) is 17.0. The monoisotopic (exact) mass is 489 g/mol. The Bertz CT molecular complexity index is 1180. The Morgan fingerprint density at radius 3 is 2.43 bits per heavy atom. The van der Waals surface area contributed by atoms with Gasteiger partial charge in [0, 0.05) is 42.1 Å². The van der Waals surface area contributed by atoms with Crippen LogP contribution in [0.1, 0.15) is 45.3 Å². The topological polar surface area (TPSA) is 83.2 Å². The molecule has 0 saturated carbocycles. The molecule has 1 heterocycles. The summed E-state index contributed by atoms with van der Waals surface area (Å²) in [6.45, 7) is 2.87. The summed E-state index contributed by atoms with van der Waals surface area (Å²) in [4.78, 5) is 28.4. The Labute approximate surface area is 211 Å². The molecule has 3 N–H and O–H groups in total. The molecule has 0 bridgehead atoms. The van der Waals surface area contributed by atoms with E-state index < -0.39 is 0 Å². The van der Waals surface area contributed by atoms with Crippen molar-refractivity contribution in [3.05, 3.63) is 101 Å². The first-order valence-corrected chi connectivity index (χ1v) is 12.1. The summed E-state index contributed by atoms with van der Waals surface area (Å²) in [5.41, 5.74) is 4.58. The maximum Gasteiger partial charge on any atom is 0.268 e. The van der Waals surface area contributed by atoms with Crippen LogP contribution >= 0.6 is 12.6 Å². The summed E-state index contributed by atoms with van der Waals surface area (Å²) >= 11 is 4.10. The number of carbonyl (C=O) groups excluding carboxylic acids is 2. The number of ether oxygens (including phenoxy) is 1. The number of thiol groups is 1. The molecule has 3 aromatic rings. The average Bonchev–Trinajstić information content (AvgIpc) is 3.33. The average molecular weight is 490 g/mol. The van der Waals surface area contributed by atoms with E-state index in [0.29, 0.717) is 30.1 Å². The highest BCUT2D eigenvalue weighted by Gasteiger charge is 2.15. The van der Waals surface area contributed by atoms with E-state index in [2.05, 4.69) is 28.2 Å². The number of hydrogen-bond donors (Lipinski definition) is 4. The normalized spacial score (nSPS) is 11.5. The van der Waals surface area contributed by atoms with Gasteiger partial charge in [-0.15, -0.1) is 0 Å². The lowest BCUT2D eigenvalue weighted by Gasteiger charge is -2.07. The van der Waals surface area contributed by atoms with Crippen molar-refractivity contribution in [2.75, 3.05) is 19.4 Å². The summed E-state index contributed by atoms with van der Waals surface area (Å²) in [7, 11) is 1.65. The number of aromatic amines is 1. The van der Waals surface area contributed by atoms with E-state index in [0.717, 1.165) is 34.6 Å². The van der Waals surface area contributed by atoms with Gasteiger partial charge in [0.1, 0.15) is 5.69 Å². The number of hydrogen-bond acceptors (Lipinski definition) is 4. The predicted octanol–water partition coefficient (Wildman–Crippen LogP) is 5.22. The first-order valence-electron chi connectivity index (χ1n) is 11.5. The van der Waals surface area contributed by atoms with Gasteiger partial charge < -0.3 is 20.4 Å². The standard InChI is InChI=1S/C28H31N3O3S/c1-3-24(34-2)11-7-10-23-18-25(21-8-5-4-6-9-21)31-26(23)28(33)30-19-20-12-14-22(15-13-20)27(32)29-16-17-35/h4-15,18,31,35H,3,16-17,19H2,1-2H3,(H,29,32)(H,30,33)/b10-7+,24-11+. The van der Waals surface area contributed by atoms with Crippen LogP contribution in [-0.4, -0.2) is 36.2 Å². The number of carbonyl (C=O) groups is 2. The third kappa shape index (κ3) is 7.39. The second-order valence-corrected chi connectivity index (χ2v) is 8.24. The minimum Gasteiger partial charge on any atom is -0.501 e. The second kappa shape index (κ2) is 13.2. The Balaban J connectivity index is 1.76. The molecule has 0 spiro atoms. The van der Waals surface area contributed by atoms with E-state index in [1.165, 1.54) is 0 Å². The van der Waals surface area contributed by atoms with Crippen molar-refractivity contribution in [1.82, 2.24) is 15.6 Å². The molecule has 2 aromatic carbocycles. The summed E-state index contributed by atoms with van der Waals surface area (Å²) < 4.78 is 5.31. The molecule has 2 amide bonds. The van der Waals surface area contributed by atoms with Crippen molar-refractivity contribution in [2.45, 2.75) is 19.9 Å². The van der Waals surface area contributed by atoms with Gasteiger partial charge in [-0.3, -0.25) is 9.59 Å². The molecule has 0 fully saturated rings. The van der Waals surface area contributed by atoms with E-state index in [-0.39, 0.29) is 11.8 Å². The smallest absolute Gasteiger partial charge is 0.268 e. The minimum absolute atomic E-state index is 0.139. The van der Waals surface area contributed by atoms with E-state index >= 15 is 0 Å². The summed E-state index contributed by atoms with van der Waals surface area (Å²) in [5.74, 6) is 1.09. The zero-order valence-electron chi connectivity index (χ0n) is 20.0. The summed E-state index contributed by atoms with van der Waals surface area (Å²) in [6, 6.07) is 19.0. The van der Waals surface area contributed by atoms with E-state index in [4.69, 9.17) is 4.74 Å². The van der Waals surface area contributed by atoms with Gasteiger partial charge in [-0.05, 0) is 35.4 Å². The van der Waals surface area contributed by atoms with Gasteiger partial charge in [-0.25, -0.2) is 0 Å². The zero-order valence-corrected chi connectivity index (χ0v) is 20.9. The second-order valence-electron chi connectivity index (χ2n) is 7.79. The van der Waals surface area contributed by atoms with Crippen LogP contribution in [-0.2, 0) is 11.3 Å². The van der Waals surface area contributed by atoms with Gasteiger partial charge >= 0.3 is 0 Å². The molecule has 7 heteroatoms. The molecule has 3 rings (SSSR count). The molecule has 0 aliphatic heterocycles. The molecular formula is C28H31N3O3S. The van der Waals surface area contributed by atoms with Gasteiger partial charge in [0.25, 0.3) is 11.8 Å². The molecule has 0 atom stereocenters. The lowest BCUT2D eigenvalue weighted by Crippen LogP contribution is -2.25. The molecule has 1 aromatic heterocycles. The largest absolute Gasteiger partial charge is 0.501 e. The fraction of sp³-hybridized carbons (Fsp3) is 0.214. The fourth-order valence-electron chi connectivity index (χ4n) is 3.47. The van der Waals surface area contributed by atoms with Crippen molar-refractivity contribution < 1.29 is 14.3 Å². The highest BCUT2D eigenvalue weighted by atomic mass is 32.1. The van der Waals surface area contributed by atoms with E-state index in [1.54, 1.807) is 19.2 Å². The molecule has 0 aliphatic carbocycles. The lowest BCUT2D eigenvalue weighted by molar-refractivity contribution is 0.0941. The van der Waals surface area contributed by atoms with Crippen molar-refractivity contribution >= 4 is 30.5 Å². The van der Waals surface area contributed by atoms with Crippen LogP contribution in [0.4, 0.5) is 0 Å². The SMILES string of the molecule is CC/C(=C\C=C\c1cc(-c2ccccc2)[nH]c1C(=O)NCc1ccc(C(=O)NCCS)cc1)OC. The summed E-state index contributed by atoms with van der Waals surface area (Å²) in [5, 5.41) is 5.76. The van der Waals surface area contributed by atoms with E-state index in [9.17, 15) is 9.59 Å². The van der Waals surface area contributed by atoms with Crippen molar-refractivity contribution in [2.24, 2.45) is 0 Å².